The van der Waals surface area contributed by atoms with Crippen LogP contribution in [0.5, 0.6) is 0 Å². The van der Waals surface area contributed by atoms with Crippen molar-refractivity contribution in [3.05, 3.63) is 63.8 Å². The Morgan fingerprint density at radius 1 is 1.07 bits per heavy atom. The van der Waals surface area contributed by atoms with Gasteiger partial charge in [0.1, 0.15) is 0 Å². The quantitative estimate of drug-likeness (QED) is 0.570. The van der Waals surface area contributed by atoms with Crippen LogP contribution in [0.1, 0.15) is 42.3 Å². The second kappa shape index (κ2) is 7.90. The van der Waals surface area contributed by atoms with Gasteiger partial charge in [-0.2, -0.15) is 0 Å². The van der Waals surface area contributed by atoms with Gasteiger partial charge in [0, 0.05) is 21.7 Å². The summed E-state index contributed by atoms with van der Waals surface area (Å²) in [5.74, 6) is -1.04. The van der Waals surface area contributed by atoms with Crippen molar-refractivity contribution < 1.29 is 14.6 Å². The van der Waals surface area contributed by atoms with Crippen molar-refractivity contribution in [1.82, 2.24) is 4.98 Å². The molecule has 3 rings (SSSR count). The van der Waals surface area contributed by atoms with Crippen LogP contribution in [-0.2, 0) is 9.53 Å². The third-order valence-electron chi connectivity index (χ3n) is 4.87. The Balaban J connectivity index is 2.43. The van der Waals surface area contributed by atoms with Gasteiger partial charge >= 0.3 is 5.97 Å². The number of aromatic nitrogens is 1. The molecule has 0 fully saturated rings. The van der Waals surface area contributed by atoms with Crippen molar-refractivity contribution in [1.29, 1.82) is 0 Å². The van der Waals surface area contributed by atoms with E-state index in [0.717, 1.165) is 27.6 Å². The van der Waals surface area contributed by atoms with Crippen LogP contribution in [0, 0.1) is 20.8 Å². The molecule has 0 radical (unpaired) electrons. The zero-order chi connectivity index (χ0) is 20.6. The molecule has 1 N–H and O–H groups in total. The van der Waals surface area contributed by atoms with Gasteiger partial charge in [0.05, 0.1) is 11.6 Å². The molecule has 2 aromatic carbocycles. The average molecular weight is 398 g/mol. The van der Waals surface area contributed by atoms with Crippen molar-refractivity contribution in [3.63, 3.8) is 0 Å². The molecule has 1 aromatic heterocycles. The fourth-order valence-corrected chi connectivity index (χ4v) is 3.60. The van der Waals surface area contributed by atoms with Gasteiger partial charge < -0.3 is 9.84 Å². The number of halogens is 1. The Kier molecular flexibility index (Phi) is 5.73. The third kappa shape index (κ3) is 3.89. The molecule has 3 aromatic rings. The Hall–Kier alpha value is -2.43. The highest BCUT2D eigenvalue weighted by molar-refractivity contribution is 6.31. The molecule has 5 heteroatoms. The number of aliphatic carboxylic acids is 1. The number of rotatable bonds is 5. The first-order chi connectivity index (χ1) is 13.2. The summed E-state index contributed by atoms with van der Waals surface area (Å²) in [6.45, 7) is 9.57. The van der Waals surface area contributed by atoms with E-state index in [1.807, 2.05) is 52.0 Å². The Morgan fingerprint density at radius 2 is 1.79 bits per heavy atom. The molecular weight excluding hydrogens is 374 g/mol. The molecule has 146 valence electrons. The largest absolute Gasteiger partial charge is 0.479 e. The fourth-order valence-electron chi connectivity index (χ4n) is 3.42. The molecule has 0 aliphatic heterocycles. The summed E-state index contributed by atoms with van der Waals surface area (Å²) in [5.41, 5.74) is 6.01. The number of pyridine rings is 1. The number of aryl methyl sites for hydroxylation is 3. The lowest BCUT2D eigenvalue weighted by atomic mass is 9.90. The van der Waals surface area contributed by atoms with Crippen molar-refractivity contribution in [3.8, 4) is 11.1 Å². The molecule has 1 heterocycles. The first kappa shape index (κ1) is 20.3. The van der Waals surface area contributed by atoms with E-state index in [1.165, 1.54) is 5.56 Å². The van der Waals surface area contributed by atoms with Crippen LogP contribution in [0.4, 0.5) is 0 Å². The van der Waals surface area contributed by atoms with E-state index in [1.54, 1.807) is 6.07 Å². The maximum absolute atomic E-state index is 12.1. The average Bonchev–Trinajstić information content (AvgIpc) is 2.61. The highest BCUT2D eigenvalue weighted by Gasteiger charge is 2.29. The van der Waals surface area contributed by atoms with E-state index in [2.05, 4.69) is 18.0 Å². The van der Waals surface area contributed by atoms with Gasteiger partial charge in [-0.15, -0.1) is 0 Å². The van der Waals surface area contributed by atoms with Gasteiger partial charge in [-0.3, -0.25) is 4.98 Å². The zero-order valence-electron chi connectivity index (χ0n) is 16.7. The number of benzene rings is 2. The minimum atomic E-state index is -1.12. The summed E-state index contributed by atoms with van der Waals surface area (Å²) >= 11 is 6.28. The number of carboxylic acid groups (broad SMARTS) is 1. The van der Waals surface area contributed by atoms with Crippen molar-refractivity contribution in [2.75, 3.05) is 0 Å². The number of carbonyl (C=O) groups is 1. The Labute approximate surface area is 170 Å². The smallest absolute Gasteiger partial charge is 0.337 e. The van der Waals surface area contributed by atoms with E-state index in [0.29, 0.717) is 16.3 Å². The van der Waals surface area contributed by atoms with Crippen molar-refractivity contribution >= 4 is 28.5 Å². The molecule has 0 saturated heterocycles. The lowest BCUT2D eigenvalue weighted by Gasteiger charge is -2.23. The topological polar surface area (TPSA) is 59.4 Å². The van der Waals surface area contributed by atoms with Crippen LogP contribution < -0.4 is 0 Å². The number of carboxylic acids is 1. The molecule has 0 saturated carbocycles. The van der Waals surface area contributed by atoms with E-state index in [-0.39, 0.29) is 6.10 Å². The van der Waals surface area contributed by atoms with Crippen LogP contribution in [0.15, 0.2) is 36.4 Å². The Morgan fingerprint density at radius 3 is 2.39 bits per heavy atom. The lowest BCUT2D eigenvalue weighted by Crippen LogP contribution is -2.21. The van der Waals surface area contributed by atoms with Gasteiger partial charge in [0.2, 0.25) is 0 Å². The predicted octanol–water partition coefficient (Wildman–Crippen LogP) is 6.03. The van der Waals surface area contributed by atoms with Crippen LogP contribution in [0.3, 0.4) is 0 Å². The highest BCUT2D eigenvalue weighted by atomic mass is 35.5. The van der Waals surface area contributed by atoms with Gasteiger partial charge in [-0.25, -0.2) is 4.79 Å². The SMILES string of the molecule is Cc1ccc(-c2c(C(OC(C)C)C(=O)O)c(C)nc3ccc(Cl)cc23)cc1C. The van der Waals surface area contributed by atoms with Crippen LogP contribution in [0.25, 0.3) is 22.0 Å². The molecule has 0 amide bonds. The Bertz CT molecular complexity index is 1060. The fraction of sp³-hybridized carbons (Fsp3) is 0.304. The van der Waals surface area contributed by atoms with Crippen molar-refractivity contribution in [2.45, 2.75) is 46.8 Å². The zero-order valence-corrected chi connectivity index (χ0v) is 17.5. The normalized spacial score (nSPS) is 12.5. The minimum Gasteiger partial charge on any atom is -0.479 e. The van der Waals surface area contributed by atoms with E-state index in [4.69, 9.17) is 16.3 Å². The van der Waals surface area contributed by atoms with Gasteiger partial charge in [0.15, 0.2) is 6.10 Å². The molecular formula is C23H24ClNO3. The first-order valence-electron chi connectivity index (χ1n) is 9.24. The minimum absolute atomic E-state index is 0.247. The van der Waals surface area contributed by atoms with Gasteiger partial charge in [-0.1, -0.05) is 29.8 Å². The lowest BCUT2D eigenvalue weighted by molar-refractivity contribution is -0.153. The molecule has 1 unspecified atom stereocenters. The predicted molar refractivity (Wildman–Crippen MR) is 113 cm³/mol. The van der Waals surface area contributed by atoms with Gasteiger partial charge in [0.25, 0.3) is 0 Å². The number of hydrogen-bond acceptors (Lipinski definition) is 3. The summed E-state index contributed by atoms with van der Waals surface area (Å²) < 4.78 is 5.80. The number of nitrogens with zero attached hydrogens (tertiary/aromatic N) is 1. The number of fused-ring (bicyclic) bond motifs is 1. The number of ether oxygens (including phenoxy) is 1. The maximum Gasteiger partial charge on any atom is 0.337 e. The second-order valence-corrected chi connectivity index (χ2v) is 7.79. The van der Waals surface area contributed by atoms with E-state index in [9.17, 15) is 9.90 Å². The van der Waals surface area contributed by atoms with Crippen molar-refractivity contribution in [2.24, 2.45) is 0 Å². The van der Waals surface area contributed by atoms with Crippen LogP contribution in [-0.4, -0.2) is 22.2 Å². The first-order valence-corrected chi connectivity index (χ1v) is 9.62. The van der Waals surface area contributed by atoms with Crippen LogP contribution in [0.2, 0.25) is 5.02 Å². The molecule has 28 heavy (non-hydrogen) atoms. The summed E-state index contributed by atoms with van der Waals surface area (Å²) in [6, 6.07) is 11.6. The molecule has 0 bridgehead atoms. The molecule has 0 aliphatic rings. The van der Waals surface area contributed by atoms with E-state index < -0.39 is 12.1 Å². The van der Waals surface area contributed by atoms with E-state index >= 15 is 0 Å². The standard InChI is InChI=1S/C23H24ClNO3/c1-12(2)28-22(23(26)27)20-15(5)25-19-9-8-17(24)11-18(19)21(20)16-7-6-13(3)14(4)10-16/h6-12,22H,1-5H3,(H,26,27). The highest BCUT2D eigenvalue weighted by Crippen LogP contribution is 2.39. The van der Waals surface area contributed by atoms with Gasteiger partial charge in [-0.05, 0) is 75.1 Å². The summed E-state index contributed by atoms with van der Waals surface area (Å²) in [7, 11) is 0. The molecule has 1 atom stereocenters. The molecule has 0 spiro atoms. The summed E-state index contributed by atoms with van der Waals surface area (Å²) in [6.07, 6.45) is -1.37. The number of hydrogen-bond donors (Lipinski definition) is 1. The molecule has 0 aliphatic carbocycles. The summed E-state index contributed by atoms with van der Waals surface area (Å²) in [4.78, 5) is 16.8. The monoisotopic (exact) mass is 397 g/mol. The summed E-state index contributed by atoms with van der Waals surface area (Å²) in [5, 5.41) is 11.3. The molecule has 4 nitrogen and oxygen atoms in total. The second-order valence-electron chi connectivity index (χ2n) is 7.35. The third-order valence-corrected chi connectivity index (χ3v) is 5.10. The maximum atomic E-state index is 12.1. The van der Waals surface area contributed by atoms with Crippen LogP contribution >= 0.6 is 11.6 Å².